The second-order valence-electron chi connectivity index (χ2n) is 3.63. The summed E-state index contributed by atoms with van der Waals surface area (Å²) in [6.45, 7) is 4.70. The molecule has 1 spiro atoms. The zero-order valence-electron chi connectivity index (χ0n) is 7.19. The summed E-state index contributed by atoms with van der Waals surface area (Å²) in [5, 5.41) is 7.00. The van der Waals surface area contributed by atoms with E-state index in [1.165, 1.54) is 19.4 Å². The minimum atomic E-state index is 0.352. The van der Waals surface area contributed by atoms with E-state index in [9.17, 15) is 0 Å². The van der Waals surface area contributed by atoms with Gasteiger partial charge in [0.1, 0.15) is 0 Å². The van der Waals surface area contributed by atoms with Crippen LogP contribution in [0.15, 0.2) is 0 Å². The molecule has 2 saturated heterocycles. The minimum Gasteiger partial charge on any atom is -0.316 e. The number of rotatable bonds is 0. The van der Waals surface area contributed by atoms with Crippen LogP contribution in [0.5, 0.6) is 0 Å². The van der Waals surface area contributed by atoms with Gasteiger partial charge in [0.05, 0.1) is 5.66 Å². The molecule has 2 aliphatic rings. The van der Waals surface area contributed by atoms with E-state index < -0.39 is 0 Å². The van der Waals surface area contributed by atoms with Crippen LogP contribution in [0.1, 0.15) is 12.8 Å². The molecule has 0 amide bonds. The lowest BCUT2D eigenvalue weighted by Crippen LogP contribution is -2.56. The first-order valence-electron chi connectivity index (χ1n) is 4.50. The molecule has 3 heteroatoms. The first-order chi connectivity index (χ1) is 5.33. The van der Waals surface area contributed by atoms with Gasteiger partial charge >= 0.3 is 0 Å². The fraction of sp³-hybridized carbons (Fsp3) is 1.00. The van der Waals surface area contributed by atoms with Crippen LogP contribution in [-0.4, -0.2) is 43.8 Å². The monoisotopic (exact) mass is 155 g/mol. The van der Waals surface area contributed by atoms with E-state index in [0.29, 0.717) is 5.66 Å². The molecule has 11 heavy (non-hydrogen) atoms. The average Bonchev–Trinajstić information content (AvgIpc) is 2.36. The lowest BCUT2D eigenvalue weighted by Gasteiger charge is -2.39. The van der Waals surface area contributed by atoms with E-state index in [-0.39, 0.29) is 0 Å². The summed E-state index contributed by atoms with van der Waals surface area (Å²) >= 11 is 0. The Balaban J connectivity index is 2.06. The highest BCUT2D eigenvalue weighted by Gasteiger charge is 2.38. The van der Waals surface area contributed by atoms with Gasteiger partial charge in [0, 0.05) is 13.1 Å². The molecular formula is C8H17N3. The van der Waals surface area contributed by atoms with Crippen LogP contribution >= 0.6 is 0 Å². The molecule has 0 saturated carbocycles. The number of nitrogens with one attached hydrogen (secondary N) is 2. The number of nitrogens with zero attached hydrogens (tertiary/aromatic N) is 1. The summed E-state index contributed by atoms with van der Waals surface area (Å²) in [7, 11) is 2.23. The van der Waals surface area contributed by atoms with Crippen molar-refractivity contribution in [3.05, 3.63) is 0 Å². The van der Waals surface area contributed by atoms with Gasteiger partial charge in [-0.3, -0.25) is 10.2 Å². The molecule has 2 aliphatic heterocycles. The van der Waals surface area contributed by atoms with Gasteiger partial charge in [0.2, 0.25) is 0 Å². The summed E-state index contributed by atoms with van der Waals surface area (Å²) < 4.78 is 0. The predicted molar refractivity (Wildman–Crippen MR) is 45.5 cm³/mol. The molecule has 0 aliphatic carbocycles. The normalized spacial score (nSPS) is 31.4. The highest BCUT2D eigenvalue weighted by Crippen LogP contribution is 2.24. The van der Waals surface area contributed by atoms with Crippen molar-refractivity contribution < 1.29 is 0 Å². The number of piperidine rings is 1. The van der Waals surface area contributed by atoms with Crippen LogP contribution < -0.4 is 10.6 Å². The van der Waals surface area contributed by atoms with Gasteiger partial charge in [-0.05, 0) is 33.0 Å². The van der Waals surface area contributed by atoms with Gasteiger partial charge in [-0.1, -0.05) is 0 Å². The van der Waals surface area contributed by atoms with Crippen LogP contribution in [0.25, 0.3) is 0 Å². The van der Waals surface area contributed by atoms with Crippen molar-refractivity contribution in [3.63, 3.8) is 0 Å². The van der Waals surface area contributed by atoms with Crippen molar-refractivity contribution >= 4 is 0 Å². The first-order valence-corrected chi connectivity index (χ1v) is 4.50. The van der Waals surface area contributed by atoms with Crippen LogP contribution in [0.2, 0.25) is 0 Å². The quantitative estimate of drug-likeness (QED) is 0.498. The van der Waals surface area contributed by atoms with Gasteiger partial charge in [-0.15, -0.1) is 0 Å². The standard InChI is InChI=1S/C8H17N3/c1-11-7-6-10-8(11)2-4-9-5-3-8/h9-10H,2-7H2,1H3. The maximum absolute atomic E-state index is 3.61. The number of hydrogen-bond donors (Lipinski definition) is 2. The maximum Gasteiger partial charge on any atom is 0.0735 e. The molecule has 2 heterocycles. The molecule has 2 N–H and O–H groups in total. The Kier molecular flexibility index (Phi) is 1.87. The van der Waals surface area contributed by atoms with Gasteiger partial charge in [-0.25, -0.2) is 0 Å². The smallest absolute Gasteiger partial charge is 0.0735 e. The lowest BCUT2D eigenvalue weighted by molar-refractivity contribution is 0.108. The van der Waals surface area contributed by atoms with Crippen LogP contribution in [-0.2, 0) is 0 Å². The molecule has 0 atom stereocenters. The molecule has 0 radical (unpaired) electrons. The molecule has 2 rings (SSSR count). The van der Waals surface area contributed by atoms with Crippen LogP contribution in [0.3, 0.4) is 0 Å². The largest absolute Gasteiger partial charge is 0.316 e. The number of hydrogen-bond acceptors (Lipinski definition) is 3. The summed E-state index contributed by atoms with van der Waals surface area (Å²) in [6.07, 6.45) is 2.51. The molecule has 3 nitrogen and oxygen atoms in total. The fourth-order valence-electron chi connectivity index (χ4n) is 2.20. The van der Waals surface area contributed by atoms with E-state index in [1.807, 2.05) is 0 Å². The zero-order valence-corrected chi connectivity index (χ0v) is 7.19. The molecule has 2 fully saturated rings. The van der Waals surface area contributed by atoms with E-state index in [2.05, 4.69) is 22.6 Å². The molecular weight excluding hydrogens is 138 g/mol. The van der Waals surface area contributed by atoms with E-state index in [0.717, 1.165) is 19.6 Å². The van der Waals surface area contributed by atoms with Gasteiger partial charge in [0.15, 0.2) is 0 Å². The van der Waals surface area contributed by atoms with E-state index >= 15 is 0 Å². The molecule has 0 aromatic rings. The summed E-state index contributed by atoms with van der Waals surface area (Å²) in [6, 6.07) is 0. The first kappa shape index (κ1) is 7.53. The zero-order chi connectivity index (χ0) is 7.73. The molecule has 0 aromatic carbocycles. The Labute approximate surface area is 68.1 Å². The van der Waals surface area contributed by atoms with E-state index in [1.54, 1.807) is 0 Å². The highest BCUT2D eigenvalue weighted by atomic mass is 15.4. The molecule has 0 unspecified atom stereocenters. The topological polar surface area (TPSA) is 27.3 Å². The Morgan fingerprint density at radius 1 is 1.18 bits per heavy atom. The predicted octanol–water partition coefficient (Wildman–Crippen LogP) is -0.399. The van der Waals surface area contributed by atoms with Crippen LogP contribution in [0.4, 0.5) is 0 Å². The van der Waals surface area contributed by atoms with Gasteiger partial charge < -0.3 is 5.32 Å². The van der Waals surface area contributed by atoms with E-state index in [4.69, 9.17) is 0 Å². The van der Waals surface area contributed by atoms with Crippen molar-refractivity contribution in [2.75, 3.05) is 33.2 Å². The second-order valence-corrected chi connectivity index (χ2v) is 3.63. The summed E-state index contributed by atoms with van der Waals surface area (Å²) in [4.78, 5) is 2.47. The third-order valence-electron chi connectivity index (χ3n) is 3.06. The van der Waals surface area contributed by atoms with Gasteiger partial charge in [0.25, 0.3) is 0 Å². The van der Waals surface area contributed by atoms with Crippen molar-refractivity contribution in [2.45, 2.75) is 18.5 Å². The minimum absolute atomic E-state index is 0.352. The fourth-order valence-corrected chi connectivity index (χ4v) is 2.20. The number of likely N-dealkylation sites (N-methyl/N-ethyl adjacent to an activating group) is 1. The Morgan fingerprint density at radius 3 is 2.45 bits per heavy atom. The Hall–Kier alpha value is -0.120. The third kappa shape index (κ3) is 1.17. The lowest BCUT2D eigenvalue weighted by atomic mass is 9.98. The second kappa shape index (κ2) is 2.73. The Bertz CT molecular complexity index is 140. The van der Waals surface area contributed by atoms with Crippen LogP contribution in [0, 0.1) is 0 Å². The Morgan fingerprint density at radius 2 is 1.91 bits per heavy atom. The maximum atomic E-state index is 3.61. The summed E-state index contributed by atoms with van der Waals surface area (Å²) in [5.41, 5.74) is 0.352. The highest BCUT2D eigenvalue weighted by molar-refractivity contribution is 4.95. The summed E-state index contributed by atoms with van der Waals surface area (Å²) in [5.74, 6) is 0. The van der Waals surface area contributed by atoms with Crippen molar-refractivity contribution in [1.29, 1.82) is 0 Å². The van der Waals surface area contributed by atoms with Crippen molar-refractivity contribution in [3.8, 4) is 0 Å². The molecule has 64 valence electrons. The van der Waals surface area contributed by atoms with Crippen molar-refractivity contribution in [2.24, 2.45) is 0 Å². The van der Waals surface area contributed by atoms with Gasteiger partial charge in [-0.2, -0.15) is 0 Å². The molecule has 0 bridgehead atoms. The van der Waals surface area contributed by atoms with Crippen molar-refractivity contribution in [1.82, 2.24) is 15.5 Å². The SMILES string of the molecule is CN1CCNC12CCNCC2. The third-order valence-corrected chi connectivity index (χ3v) is 3.06. The average molecular weight is 155 g/mol. The molecule has 0 aromatic heterocycles.